The monoisotopic (exact) mass is 275 g/mol. The van der Waals surface area contributed by atoms with Crippen LogP contribution in [0.1, 0.15) is 11.1 Å². The number of nitrogens with one attached hydrogen (secondary N) is 1. The number of carbonyl (C=O) groups excluding carboxylic acids is 1. The number of benzene rings is 1. The van der Waals surface area contributed by atoms with Crippen molar-refractivity contribution in [2.24, 2.45) is 0 Å². The van der Waals surface area contributed by atoms with E-state index in [0.29, 0.717) is 5.75 Å². The summed E-state index contributed by atoms with van der Waals surface area (Å²) in [6, 6.07) is 8.43. The van der Waals surface area contributed by atoms with Gasteiger partial charge >= 0.3 is 0 Å². The molecule has 0 radical (unpaired) electrons. The topological polar surface area (TPSA) is 46.9 Å². The molecular formula is C14H17N3OS. The lowest BCUT2D eigenvalue weighted by molar-refractivity contribution is -0.118. The van der Waals surface area contributed by atoms with Crippen LogP contribution < -0.4 is 5.32 Å². The Kier molecular flexibility index (Phi) is 4.63. The molecule has 100 valence electrons. The number of nitrogens with zero attached hydrogens (tertiary/aromatic N) is 2. The maximum absolute atomic E-state index is 11.2. The molecule has 1 N–H and O–H groups in total. The second-order valence-electron chi connectivity index (χ2n) is 4.29. The molecule has 0 saturated carbocycles. The second-order valence-corrected chi connectivity index (χ2v) is 5.23. The molecule has 0 aliphatic carbocycles. The minimum absolute atomic E-state index is 0.00915. The molecule has 1 aromatic carbocycles. The molecule has 0 aliphatic heterocycles. The molecule has 2 rings (SSSR count). The lowest BCUT2D eigenvalue weighted by Gasteiger charge is -2.07. The van der Waals surface area contributed by atoms with Crippen molar-refractivity contribution in [1.82, 2.24) is 14.9 Å². The average Bonchev–Trinajstić information content (AvgIpc) is 2.86. The fourth-order valence-electron chi connectivity index (χ4n) is 1.65. The highest BCUT2D eigenvalue weighted by atomic mass is 32.2. The molecule has 0 fully saturated rings. The van der Waals surface area contributed by atoms with E-state index in [2.05, 4.69) is 46.1 Å². The first-order valence-corrected chi connectivity index (χ1v) is 7.07. The minimum Gasteiger partial charge on any atom is -0.358 e. The zero-order valence-electron chi connectivity index (χ0n) is 11.1. The van der Waals surface area contributed by atoms with E-state index >= 15 is 0 Å². The number of thioether (sulfide) groups is 1. The van der Waals surface area contributed by atoms with Gasteiger partial charge in [0, 0.05) is 26.0 Å². The normalized spacial score (nSPS) is 10.4. The maximum Gasteiger partial charge on any atom is 0.230 e. The van der Waals surface area contributed by atoms with Gasteiger partial charge in [0.25, 0.3) is 0 Å². The third-order valence-electron chi connectivity index (χ3n) is 2.76. The van der Waals surface area contributed by atoms with E-state index in [4.69, 9.17) is 0 Å². The average molecular weight is 275 g/mol. The zero-order chi connectivity index (χ0) is 13.7. The quantitative estimate of drug-likeness (QED) is 0.850. The smallest absolute Gasteiger partial charge is 0.230 e. The van der Waals surface area contributed by atoms with Crippen LogP contribution >= 0.6 is 11.8 Å². The lowest BCUT2D eigenvalue weighted by atomic mass is 10.1. The SMILES string of the molecule is CNC(=O)CSc1nccn1Cc1ccc(C)cc1. The van der Waals surface area contributed by atoms with Crippen LogP contribution in [0.25, 0.3) is 0 Å². The summed E-state index contributed by atoms with van der Waals surface area (Å²) in [4.78, 5) is 15.5. The largest absolute Gasteiger partial charge is 0.358 e. The number of aromatic nitrogens is 2. The van der Waals surface area contributed by atoms with Gasteiger partial charge in [-0.1, -0.05) is 41.6 Å². The van der Waals surface area contributed by atoms with Crippen molar-refractivity contribution in [1.29, 1.82) is 0 Å². The van der Waals surface area contributed by atoms with Gasteiger partial charge in [0.05, 0.1) is 5.75 Å². The molecule has 0 spiro atoms. The van der Waals surface area contributed by atoms with Gasteiger partial charge in [-0.15, -0.1) is 0 Å². The molecule has 1 heterocycles. The standard InChI is InChI=1S/C14H17N3OS/c1-11-3-5-12(6-4-11)9-17-8-7-16-14(17)19-10-13(18)15-2/h3-8H,9-10H2,1-2H3,(H,15,18). The number of imidazole rings is 1. The van der Waals surface area contributed by atoms with Crippen molar-refractivity contribution in [3.8, 4) is 0 Å². The molecule has 0 unspecified atom stereocenters. The van der Waals surface area contributed by atoms with E-state index in [1.165, 1.54) is 22.9 Å². The van der Waals surface area contributed by atoms with Crippen LogP contribution in [0.4, 0.5) is 0 Å². The summed E-state index contributed by atoms with van der Waals surface area (Å²) in [6.45, 7) is 2.85. The number of carbonyl (C=O) groups is 1. The summed E-state index contributed by atoms with van der Waals surface area (Å²) in [6.07, 6.45) is 3.70. The Labute approximate surface area is 117 Å². The third-order valence-corrected chi connectivity index (χ3v) is 3.77. The maximum atomic E-state index is 11.2. The van der Waals surface area contributed by atoms with Crippen molar-refractivity contribution in [3.63, 3.8) is 0 Å². The summed E-state index contributed by atoms with van der Waals surface area (Å²) >= 11 is 1.45. The Balaban J connectivity index is 2.03. The molecule has 4 nitrogen and oxygen atoms in total. The van der Waals surface area contributed by atoms with Crippen molar-refractivity contribution in [2.45, 2.75) is 18.6 Å². The number of rotatable bonds is 5. The number of amides is 1. The van der Waals surface area contributed by atoms with Gasteiger partial charge in [0.15, 0.2) is 5.16 Å². The van der Waals surface area contributed by atoms with Crippen molar-refractivity contribution < 1.29 is 4.79 Å². The van der Waals surface area contributed by atoms with Crippen LogP contribution in [0, 0.1) is 6.92 Å². The third kappa shape index (κ3) is 3.86. The number of hydrogen-bond donors (Lipinski definition) is 1. The molecular weight excluding hydrogens is 258 g/mol. The first-order chi connectivity index (χ1) is 9.19. The Hall–Kier alpha value is -1.75. The van der Waals surface area contributed by atoms with E-state index in [1.807, 2.05) is 6.20 Å². The highest BCUT2D eigenvalue weighted by Crippen LogP contribution is 2.17. The van der Waals surface area contributed by atoms with Crippen LogP contribution in [-0.4, -0.2) is 28.3 Å². The second kappa shape index (κ2) is 6.43. The van der Waals surface area contributed by atoms with Gasteiger partial charge in [-0.05, 0) is 12.5 Å². The van der Waals surface area contributed by atoms with Crippen LogP contribution in [0.3, 0.4) is 0 Å². The Bertz CT molecular complexity index is 548. The molecule has 0 aliphatic rings. The van der Waals surface area contributed by atoms with Gasteiger partial charge in [-0.25, -0.2) is 4.98 Å². The molecule has 0 saturated heterocycles. The number of hydrogen-bond acceptors (Lipinski definition) is 3. The zero-order valence-corrected chi connectivity index (χ0v) is 11.9. The van der Waals surface area contributed by atoms with E-state index in [-0.39, 0.29) is 5.91 Å². The number of aryl methyl sites for hydroxylation is 1. The van der Waals surface area contributed by atoms with E-state index in [0.717, 1.165) is 11.7 Å². The predicted octanol–water partition coefficient (Wildman–Crippen LogP) is 2.08. The first kappa shape index (κ1) is 13.7. The van der Waals surface area contributed by atoms with Crippen LogP contribution in [-0.2, 0) is 11.3 Å². The highest BCUT2D eigenvalue weighted by Gasteiger charge is 2.06. The van der Waals surface area contributed by atoms with Gasteiger partial charge in [-0.3, -0.25) is 4.79 Å². The highest BCUT2D eigenvalue weighted by molar-refractivity contribution is 7.99. The molecule has 1 aromatic heterocycles. The van der Waals surface area contributed by atoms with Gasteiger partial charge < -0.3 is 9.88 Å². The fourth-order valence-corrected chi connectivity index (χ4v) is 2.48. The van der Waals surface area contributed by atoms with Gasteiger partial charge in [-0.2, -0.15) is 0 Å². The van der Waals surface area contributed by atoms with Crippen LogP contribution in [0.15, 0.2) is 41.8 Å². The van der Waals surface area contributed by atoms with Crippen molar-refractivity contribution in [2.75, 3.05) is 12.8 Å². The predicted molar refractivity (Wildman–Crippen MR) is 77.3 cm³/mol. The fraction of sp³-hybridized carbons (Fsp3) is 0.286. The van der Waals surface area contributed by atoms with Crippen molar-refractivity contribution >= 4 is 17.7 Å². The van der Waals surface area contributed by atoms with Crippen LogP contribution in [0.5, 0.6) is 0 Å². The summed E-state index contributed by atoms with van der Waals surface area (Å²) in [7, 11) is 1.64. The molecule has 0 atom stereocenters. The van der Waals surface area contributed by atoms with Gasteiger partial charge in [0.1, 0.15) is 0 Å². The lowest BCUT2D eigenvalue weighted by Crippen LogP contribution is -2.20. The Morgan fingerprint density at radius 1 is 1.37 bits per heavy atom. The molecule has 2 aromatic rings. The molecule has 1 amide bonds. The Morgan fingerprint density at radius 3 is 2.79 bits per heavy atom. The summed E-state index contributed by atoms with van der Waals surface area (Å²) in [5.74, 6) is 0.399. The van der Waals surface area contributed by atoms with E-state index < -0.39 is 0 Å². The van der Waals surface area contributed by atoms with Gasteiger partial charge in [0.2, 0.25) is 5.91 Å². The van der Waals surface area contributed by atoms with E-state index in [9.17, 15) is 4.79 Å². The van der Waals surface area contributed by atoms with Crippen molar-refractivity contribution in [3.05, 3.63) is 47.8 Å². The molecule has 0 bridgehead atoms. The first-order valence-electron chi connectivity index (χ1n) is 6.09. The summed E-state index contributed by atoms with van der Waals surface area (Å²) in [5.41, 5.74) is 2.48. The summed E-state index contributed by atoms with van der Waals surface area (Å²) in [5, 5.41) is 3.47. The Morgan fingerprint density at radius 2 is 2.11 bits per heavy atom. The van der Waals surface area contributed by atoms with E-state index in [1.54, 1.807) is 13.2 Å². The molecule has 19 heavy (non-hydrogen) atoms. The molecule has 5 heteroatoms. The summed E-state index contributed by atoms with van der Waals surface area (Å²) < 4.78 is 2.05. The van der Waals surface area contributed by atoms with Crippen LogP contribution in [0.2, 0.25) is 0 Å². The minimum atomic E-state index is 0.00915.